The predicted molar refractivity (Wildman–Crippen MR) is 128 cm³/mol. The maximum atomic E-state index is 13.2. The monoisotopic (exact) mass is 459 g/mol. The molecule has 0 aromatic heterocycles. The van der Waals surface area contributed by atoms with Gasteiger partial charge in [0.25, 0.3) is 0 Å². The number of hydrogen-bond acceptors (Lipinski definition) is 5. The zero-order chi connectivity index (χ0) is 23.7. The third-order valence-corrected chi connectivity index (χ3v) is 6.11. The Morgan fingerprint density at radius 3 is 2.62 bits per heavy atom. The number of carbonyl (C=O) groups excluding carboxylic acids is 1. The molecule has 2 heterocycles. The van der Waals surface area contributed by atoms with Gasteiger partial charge in [0.05, 0.1) is 17.7 Å². The smallest absolute Gasteiger partial charge is 0.232 e. The van der Waals surface area contributed by atoms with Gasteiger partial charge in [-0.15, -0.1) is 0 Å². The predicted octanol–water partition coefficient (Wildman–Crippen LogP) is 5.54. The van der Waals surface area contributed by atoms with Crippen LogP contribution < -0.4 is 14.2 Å². The molecule has 0 radical (unpaired) electrons. The summed E-state index contributed by atoms with van der Waals surface area (Å²) < 4.78 is 30.8. The highest BCUT2D eigenvalue weighted by molar-refractivity contribution is 6.15. The Bertz CT molecular complexity index is 1250. The molecular formula is C28H26FNO4. The van der Waals surface area contributed by atoms with Crippen molar-refractivity contribution in [3.05, 3.63) is 94.0 Å². The van der Waals surface area contributed by atoms with Crippen LogP contribution in [0.2, 0.25) is 0 Å². The lowest BCUT2D eigenvalue weighted by Crippen LogP contribution is -2.33. The van der Waals surface area contributed by atoms with Gasteiger partial charge in [-0.05, 0) is 73.4 Å². The number of fused-ring (bicyclic) bond motifs is 3. The summed E-state index contributed by atoms with van der Waals surface area (Å²) in [7, 11) is 0. The number of aryl methyl sites for hydroxylation is 1. The number of halogens is 1. The highest BCUT2D eigenvalue weighted by Crippen LogP contribution is 2.44. The maximum Gasteiger partial charge on any atom is 0.232 e. The first kappa shape index (κ1) is 22.2. The number of Topliss-reactive ketones (excluding diaryl/α,β-unsaturated/α-hetero) is 1. The van der Waals surface area contributed by atoms with Crippen LogP contribution in [-0.4, -0.2) is 30.6 Å². The van der Waals surface area contributed by atoms with Gasteiger partial charge in [-0.1, -0.05) is 24.3 Å². The largest absolute Gasteiger partial charge is 0.494 e. The van der Waals surface area contributed by atoms with Crippen LogP contribution >= 0.6 is 0 Å². The number of rotatable bonds is 6. The van der Waals surface area contributed by atoms with Gasteiger partial charge in [-0.2, -0.15) is 0 Å². The van der Waals surface area contributed by atoms with Gasteiger partial charge in [0.1, 0.15) is 29.8 Å². The third-order valence-electron chi connectivity index (χ3n) is 6.11. The number of allylic oxidation sites excluding steroid dienone is 1. The van der Waals surface area contributed by atoms with E-state index >= 15 is 0 Å². The van der Waals surface area contributed by atoms with Crippen molar-refractivity contribution >= 4 is 11.9 Å². The van der Waals surface area contributed by atoms with Gasteiger partial charge in [0, 0.05) is 13.1 Å². The van der Waals surface area contributed by atoms with Crippen LogP contribution in [0.15, 0.2) is 60.4 Å². The van der Waals surface area contributed by atoms with E-state index in [-0.39, 0.29) is 11.6 Å². The first-order valence-corrected chi connectivity index (χ1v) is 11.4. The van der Waals surface area contributed by atoms with Crippen LogP contribution in [0.4, 0.5) is 4.39 Å². The molecule has 0 saturated carbocycles. The Morgan fingerprint density at radius 2 is 1.88 bits per heavy atom. The van der Waals surface area contributed by atoms with E-state index in [4.69, 9.17) is 14.2 Å². The Labute approximate surface area is 198 Å². The summed E-state index contributed by atoms with van der Waals surface area (Å²) in [6.07, 6.45) is 2.54. The van der Waals surface area contributed by atoms with Crippen molar-refractivity contribution in [2.75, 3.05) is 19.9 Å². The molecule has 0 N–H and O–H groups in total. The van der Waals surface area contributed by atoms with Crippen LogP contribution in [-0.2, 0) is 13.0 Å². The molecule has 5 nitrogen and oxygen atoms in total. The van der Waals surface area contributed by atoms with Gasteiger partial charge in [-0.3, -0.25) is 9.69 Å². The summed E-state index contributed by atoms with van der Waals surface area (Å²) >= 11 is 0. The number of ether oxygens (including phenoxy) is 3. The number of benzene rings is 3. The quantitative estimate of drug-likeness (QED) is 0.453. The molecule has 3 aromatic rings. The van der Waals surface area contributed by atoms with E-state index in [1.807, 2.05) is 44.2 Å². The number of carbonyl (C=O) groups is 1. The van der Waals surface area contributed by atoms with Crippen molar-refractivity contribution in [1.82, 2.24) is 4.90 Å². The summed E-state index contributed by atoms with van der Waals surface area (Å²) in [6, 6.07) is 16.0. The number of ketones is 1. The van der Waals surface area contributed by atoms with Crippen molar-refractivity contribution in [3.63, 3.8) is 0 Å². The molecule has 2 aliphatic rings. The second-order valence-corrected chi connectivity index (χ2v) is 8.52. The van der Waals surface area contributed by atoms with Crippen molar-refractivity contribution in [3.8, 4) is 17.2 Å². The SMILES string of the molecule is CCOc1ccc(/C=C2/Oc3c4c(cc(C)c3C2=O)OCN(CCc2ccc(F)cc2)C4)cc1. The molecule has 0 saturated heterocycles. The van der Waals surface area contributed by atoms with Crippen molar-refractivity contribution < 1.29 is 23.4 Å². The summed E-state index contributed by atoms with van der Waals surface area (Å²) in [5.41, 5.74) is 4.25. The lowest BCUT2D eigenvalue weighted by atomic mass is 9.98. The topological polar surface area (TPSA) is 48.0 Å². The van der Waals surface area contributed by atoms with E-state index in [1.54, 1.807) is 18.2 Å². The van der Waals surface area contributed by atoms with E-state index in [2.05, 4.69) is 4.90 Å². The minimum absolute atomic E-state index is 0.118. The fourth-order valence-corrected chi connectivity index (χ4v) is 4.34. The molecule has 0 amide bonds. The van der Waals surface area contributed by atoms with E-state index < -0.39 is 0 Å². The van der Waals surface area contributed by atoms with Crippen LogP contribution in [0.5, 0.6) is 17.2 Å². The van der Waals surface area contributed by atoms with E-state index in [0.717, 1.165) is 46.7 Å². The molecule has 174 valence electrons. The van der Waals surface area contributed by atoms with Gasteiger partial charge in [0.2, 0.25) is 5.78 Å². The standard InChI is InChI=1S/C28H26FNO4/c1-3-32-22-10-6-20(7-11-22)15-25-27(31)26-18(2)14-24-23(28(26)34-25)16-30(17-33-24)13-12-19-4-8-21(29)9-5-19/h4-11,14-15H,3,12-13,16-17H2,1-2H3/b25-15+. The van der Waals surface area contributed by atoms with E-state index in [0.29, 0.717) is 37.0 Å². The zero-order valence-electron chi connectivity index (χ0n) is 19.3. The van der Waals surface area contributed by atoms with Crippen LogP contribution in [0.3, 0.4) is 0 Å². The molecule has 0 atom stereocenters. The van der Waals surface area contributed by atoms with Gasteiger partial charge < -0.3 is 14.2 Å². The van der Waals surface area contributed by atoms with E-state index in [1.165, 1.54) is 12.1 Å². The molecule has 3 aromatic carbocycles. The molecule has 5 rings (SSSR count). The van der Waals surface area contributed by atoms with E-state index in [9.17, 15) is 9.18 Å². The van der Waals surface area contributed by atoms with Crippen LogP contribution in [0, 0.1) is 12.7 Å². The van der Waals surface area contributed by atoms with Gasteiger partial charge in [0.15, 0.2) is 5.76 Å². The summed E-state index contributed by atoms with van der Waals surface area (Å²) in [5, 5.41) is 0. The fraction of sp³-hybridized carbons (Fsp3) is 0.250. The molecule has 0 aliphatic carbocycles. The number of hydrogen-bond donors (Lipinski definition) is 0. The Balaban J connectivity index is 1.36. The minimum Gasteiger partial charge on any atom is -0.494 e. The van der Waals surface area contributed by atoms with Crippen molar-refractivity contribution in [1.29, 1.82) is 0 Å². The maximum absolute atomic E-state index is 13.2. The average molecular weight is 460 g/mol. The zero-order valence-corrected chi connectivity index (χ0v) is 19.3. The molecule has 0 spiro atoms. The van der Waals surface area contributed by atoms with Crippen molar-refractivity contribution in [2.24, 2.45) is 0 Å². The molecule has 0 bridgehead atoms. The first-order valence-electron chi connectivity index (χ1n) is 11.4. The van der Waals surface area contributed by atoms with Crippen molar-refractivity contribution in [2.45, 2.75) is 26.8 Å². The third kappa shape index (κ3) is 4.41. The average Bonchev–Trinajstić information content (AvgIpc) is 3.17. The second kappa shape index (κ2) is 9.31. The van der Waals surface area contributed by atoms with Gasteiger partial charge in [-0.25, -0.2) is 4.39 Å². The number of nitrogens with zero attached hydrogens (tertiary/aromatic N) is 1. The molecule has 34 heavy (non-hydrogen) atoms. The molecule has 0 unspecified atom stereocenters. The lowest BCUT2D eigenvalue weighted by molar-refractivity contribution is 0.0949. The van der Waals surface area contributed by atoms with Crippen LogP contribution in [0.1, 0.15) is 39.5 Å². The Hall–Kier alpha value is -3.64. The molecular weight excluding hydrogens is 433 g/mol. The highest BCUT2D eigenvalue weighted by atomic mass is 19.1. The minimum atomic E-state index is -0.235. The molecule has 6 heteroatoms. The summed E-state index contributed by atoms with van der Waals surface area (Å²) in [6.45, 7) is 6.26. The normalized spacial score (nSPS) is 16.1. The highest BCUT2D eigenvalue weighted by Gasteiger charge is 2.35. The Kier molecular flexibility index (Phi) is 6.07. The summed E-state index contributed by atoms with van der Waals surface area (Å²) in [4.78, 5) is 15.3. The van der Waals surface area contributed by atoms with Crippen LogP contribution in [0.25, 0.3) is 6.08 Å². The fourth-order valence-electron chi connectivity index (χ4n) is 4.34. The lowest BCUT2D eigenvalue weighted by Gasteiger charge is -2.30. The first-order chi connectivity index (χ1) is 16.5. The van der Waals surface area contributed by atoms with Gasteiger partial charge >= 0.3 is 0 Å². The Morgan fingerprint density at radius 1 is 1.12 bits per heavy atom. The second-order valence-electron chi connectivity index (χ2n) is 8.52. The summed E-state index contributed by atoms with van der Waals surface area (Å²) in [5.74, 6) is 2.08. The molecule has 2 aliphatic heterocycles. The molecule has 0 fully saturated rings.